The van der Waals surface area contributed by atoms with Crippen molar-refractivity contribution in [1.29, 1.82) is 0 Å². The van der Waals surface area contributed by atoms with Gasteiger partial charge in [0.05, 0.1) is 6.42 Å². The van der Waals surface area contributed by atoms with E-state index < -0.39 is 5.97 Å². The Bertz CT molecular complexity index is 599. The summed E-state index contributed by atoms with van der Waals surface area (Å²) in [7, 11) is 0. The van der Waals surface area contributed by atoms with Crippen molar-refractivity contribution >= 4 is 29.3 Å². The average molecular weight is 297 g/mol. The molecule has 0 spiro atoms. The molecule has 0 heterocycles. The zero-order valence-corrected chi connectivity index (χ0v) is 11.3. The predicted molar refractivity (Wildman–Crippen MR) is 73.3 cm³/mol. The van der Waals surface area contributed by atoms with E-state index in [0.29, 0.717) is 15.5 Å². The zero-order chi connectivity index (χ0) is 13.8. The van der Waals surface area contributed by atoms with Crippen molar-refractivity contribution in [1.82, 2.24) is 0 Å². The molecule has 2 aromatic rings. The van der Waals surface area contributed by atoms with Crippen LogP contribution in [0.3, 0.4) is 0 Å². The smallest absolute Gasteiger partial charge is 0.307 e. The molecule has 19 heavy (non-hydrogen) atoms. The van der Waals surface area contributed by atoms with E-state index in [4.69, 9.17) is 16.7 Å². The van der Waals surface area contributed by atoms with Crippen LogP contribution in [-0.4, -0.2) is 11.1 Å². The van der Waals surface area contributed by atoms with Crippen LogP contribution in [-0.2, 0) is 11.2 Å². The molecule has 2 rings (SSSR count). The first kappa shape index (κ1) is 13.9. The summed E-state index contributed by atoms with van der Waals surface area (Å²) in [6.45, 7) is 0. The van der Waals surface area contributed by atoms with Gasteiger partial charge >= 0.3 is 5.97 Å². The van der Waals surface area contributed by atoms with Crippen molar-refractivity contribution in [3.8, 4) is 0 Å². The van der Waals surface area contributed by atoms with Gasteiger partial charge in [0, 0.05) is 14.8 Å². The van der Waals surface area contributed by atoms with E-state index in [1.807, 2.05) is 12.1 Å². The fourth-order valence-electron chi connectivity index (χ4n) is 1.56. The summed E-state index contributed by atoms with van der Waals surface area (Å²) in [5, 5.41) is 9.46. The Balaban J connectivity index is 2.29. The summed E-state index contributed by atoms with van der Waals surface area (Å²) in [5.74, 6) is -1.32. The van der Waals surface area contributed by atoms with Crippen molar-refractivity contribution in [2.45, 2.75) is 16.2 Å². The summed E-state index contributed by atoms with van der Waals surface area (Å²) in [5.41, 5.74) is 0.592. The van der Waals surface area contributed by atoms with Crippen molar-refractivity contribution in [3.05, 3.63) is 58.9 Å². The van der Waals surface area contributed by atoms with Gasteiger partial charge in [-0.25, -0.2) is 4.39 Å². The van der Waals surface area contributed by atoms with Gasteiger partial charge in [0.25, 0.3) is 0 Å². The second kappa shape index (κ2) is 6.08. The highest BCUT2D eigenvalue weighted by molar-refractivity contribution is 7.99. The van der Waals surface area contributed by atoms with Gasteiger partial charge in [-0.1, -0.05) is 29.4 Å². The Hall–Kier alpha value is -1.52. The van der Waals surface area contributed by atoms with Crippen LogP contribution in [0.2, 0.25) is 5.02 Å². The van der Waals surface area contributed by atoms with E-state index in [-0.39, 0.29) is 12.2 Å². The third-order valence-corrected chi connectivity index (χ3v) is 3.77. The average Bonchev–Trinajstić information content (AvgIpc) is 2.35. The molecule has 0 saturated carbocycles. The Morgan fingerprint density at radius 1 is 1.21 bits per heavy atom. The predicted octanol–water partition coefficient (Wildman–Crippen LogP) is 4.26. The molecule has 0 aromatic heterocycles. The second-order valence-electron chi connectivity index (χ2n) is 3.88. The minimum absolute atomic E-state index is 0.129. The molecule has 0 radical (unpaired) electrons. The fraction of sp³-hybridized carbons (Fsp3) is 0.0714. The van der Waals surface area contributed by atoms with Crippen LogP contribution in [0.1, 0.15) is 5.56 Å². The molecule has 1 N–H and O–H groups in total. The van der Waals surface area contributed by atoms with Gasteiger partial charge in [0.1, 0.15) is 5.82 Å². The molecular weight excluding hydrogens is 287 g/mol. The van der Waals surface area contributed by atoms with E-state index in [2.05, 4.69) is 0 Å². The van der Waals surface area contributed by atoms with Gasteiger partial charge < -0.3 is 5.11 Å². The number of hydrogen-bond donors (Lipinski definition) is 1. The highest BCUT2D eigenvalue weighted by Crippen LogP contribution is 2.32. The summed E-state index contributed by atoms with van der Waals surface area (Å²) in [6.07, 6.45) is -0.129. The first-order valence-electron chi connectivity index (χ1n) is 5.48. The maximum atomic E-state index is 13.3. The van der Waals surface area contributed by atoms with Crippen molar-refractivity contribution in [2.75, 3.05) is 0 Å². The molecule has 0 saturated heterocycles. The van der Waals surface area contributed by atoms with Crippen LogP contribution < -0.4 is 0 Å². The van der Waals surface area contributed by atoms with Crippen molar-refractivity contribution in [2.24, 2.45) is 0 Å². The van der Waals surface area contributed by atoms with Crippen LogP contribution in [0.4, 0.5) is 4.39 Å². The van der Waals surface area contributed by atoms with Gasteiger partial charge in [-0.15, -0.1) is 0 Å². The minimum Gasteiger partial charge on any atom is -0.481 e. The SMILES string of the molecule is O=C(O)Cc1ccc(F)cc1Sc1ccc(Cl)cc1. The molecule has 0 bridgehead atoms. The molecule has 0 amide bonds. The van der Waals surface area contributed by atoms with E-state index in [0.717, 1.165) is 4.90 Å². The molecule has 2 aromatic carbocycles. The number of carboxylic acid groups (broad SMARTS) is 1. The lowest BCUT2D eigenvalue weighted by atomic mass is 10.1. The molecule has 0 aliphatic rings. The summed E-state index contributed by atoms with van der Waals surface area (Å²) < 4.78 is 13.3. The number of hydrogen-bond acceptors (Lipinski definition) is 2. The van der Waals surface area contributed by atoms with Crippen LogP contribution in [0.5, 0.6) is 0 Å². The minimum atomic E-state index is -0.940. The van der Waals surface area contributed by atoms with E-state index in [1.165, 1.54) is 30.0 Å². The monoisotopic (exact) mass is 296 g/mol. The van der Waals surface area contributed by atoms with Gasteiger partial charge in [0.15, 0.2) is 0 Å². The van der Waals surface area contributed by atoms with Gasteiger partial charge in [0.2, 0.25) is 0 Å². The summed E-state index contributed by atoms with van der Waals surface area (Å²) >= 11 is 7.11. The van der Waals surface area contributed by atoms with Crippen LogP contribution in [0, 0.1) is 5.82 Å². The van der Waals surface area contributed by atoms with E-state index in [1.54, 1.807) is 12.1 Å². The number of halogens is 2. The van der Waals surface area contributed by atoms with Gasteiger partial charge in [-0.3, -0.25) is 4.79 Å². The summed E-state index contributed by atoms with van der Waals surface area (Å²) in [6, 6.07) is 11.2. The number of carbonyl (C=O) groups is 1. The van der Waals surface area contributed by atoms with E-state index >= 15 is 0 Å². The quantitative estimate of drug-likeness (QED) is 0.916. The molecule has 0 aliphatic heterocycles. The molecule has 0 aliphatic carbocycles. The highest BCUT2D eigenvalue weighted by Gasteiger charge is 2.09. The molecule has 5 heteroatoms. The highest BCUT2D eigenvalue weighted by atomic mass is 35.5. The van der Waals surface area contributed by atoms with Crippen LogP contribution in [0.15, 0.2) is 52.3 Å². The van der Waals surface area contributed by atoms with Gasteiger partial charge in [-0.2, -0.15) is 0 Å². The lowest BCUT2D eigenvalue weighted by molar-refractivity contribution is -0.136. The standard InChI is InChI=1S/C14H10ClFO2S/c15-10-2-5-12(6-3-10)19-13-8-11(16)4-1-9(13)7-14(17)18/h1-6,8H,7H2,(H,17,18). The Morgan fingerprint density at radius 2 is 1.89 bits per heavy atom. The fourth-order valence-corrected chi connectivity index (χ4v) is 2.66. The maximum absolute atomic E-state index is 13.3. The van der Waals surface area contributed by atoms with Gasteiger partial charge in [-0.05, 0) is 42.0 Å². The van der Waals surface area contributed by atoms with Crippen LogP contribution in [0.25, 0.3) is 0 Å². The Kier molecular flexibility index (Phi) is 4.45. The first-order chi connectivity index (χ1) is 9.04. The normalized spacial score (nSPS) is 10.4. The first-order valence-corrected chi connectivity index (χ1v) is 6.67. The second-order valence-corrected chi connectivity index (χ2v) is 5.43. The maximum Gasteiger partial charge on any atom is 0.307 e. The lowest BCUT2D eigenvalue weighted by Gasteiger charge is -2.08. The van der Waals surface area contributed by atoms with E-state index in [9.17, 15) is 9.18 Å². The zero-order valence-electron chi connectivity index (χ0n) is 9.77. The number of rotatable bonds is 4. The molecular formula is C14H10ClFO2S. The molecule has 0 unspecified atom stereocenters. The summed E-state index contributed by atoms with van der Waals surface area (Å²) in [4.78, 5) is 12.3. The Labute approximate surface area is 119 Å². The lowest BCUT2D eigenvalue weighted by Crippen LogP contribution is -2.01. The third kappa shape index (κ3) is 3.98. The largest absolute Gasteiger partial charge is 0.481 e. The van der Waals surface area contributed by atoms with Crippen molar-refractivity contribution in [3.63, 3.8) is 0 Å². The van der Waals surface area contributed by atoms with Crippen molar-refractivity contribution < 1.29 is 14.3 Å². The molecule has 0 fully saturated rings. The number of aliphatic carboxylic acids is 1. The third-order valence-electron chi connectivity index (χ3n) is 2.41. The molecule has 98 valence electrons. The topological polar surface area (TPSA) is 37.3 Å². The van der Waals surface area contributed by atoms with Crippen LogP contribution >= 0.6 is 23.4 Å². The number of carboxylic acids is 1. The molecule has 0 atom stereocenters. The Morgan fingerprint density at radius 3 is 2.53 bits per heavy atom. The molecule has 2 nitrogen and oxygen atoms in total. The number of benzene rings is 2.